The molecule has 1 rings (SSSR count). The third kappa shape index (κ3) is 3.19. The molecule has 1 aromatic heterocycles. The van der Waals surface area contributed by atoms with Gasteiger partial charge in [0, 0.05) is 4.88 Å². The van der Waals surface area contributed by atoms with Crippen molar-refractivity contribution in [1.29, 1.82) is 0 Å². The van der Waals surface area contributed by atoms with E-state index in [1.165, 1.54) is 10.5 Å². The largest absolute Gasteiger partial charge is 0.144 e. The van der Waals surface area contributed by atoms with E-state index in [1.54, 1.807) is 11.3 Å². The van der Waals surface area contributed by atoms with Crippen molar-refractivity contribution in [3.8, 4) is 0 Å². The van der Waals surface area contributed by atoms with E-state index in [9.17, 15) is 0 Å². The Morgan fingerprint density at radius 1 is 1.73 bits per heavy atom. The van der Waals surface area contributed by atoms with Gasteiger partial charge in [0.15, 0.2) is 0 Å². The van der Waals surface area contributed by atoms with Crippen LogP contribution in [0.15, 0.2) is 35.7 Å². The Morgan fingerprint density at radius 3 is 3.09 bits per heavy atom. The molecule has 1 heterocycles. The number of hydrogen-bond donors (Lipinski definition) is 0. The Hall–Kier alpha value is -0.820. The monoisotopic (exact) mass is 164 g/mol. The highest BCUT2D eigenvalue weighted by Gasteiger charge is 1.84. The van der Waals surface area contributed by atoms with Gasteiger partial charge in [-0.25, -0.2) is 0 Å². The number of hydrogen-bond acceptors (Lipinski definition) is 1. The highest BCUT2D eigenvalue weighted by Crippen LogP contribution is 2.11. The molecule has 0 saturated heterocycles. The molecule has 0 aromatic carbocycles. The van der Waals surface area contributed by atoms with Crippen LogP contribution in [0, 0.1) is 0 Å². The minimum atomic E-state index is 0.984. The van der Waals surface area contributed by atoms with Crippen LogP contribution >= 0.6 is 11.3 Å². The molecule has 0 unspecified atom stereocenters. The number of rotatable bonds is 3. The van der Waals surface area contributed by atoms with Crippen LogP contribution in [-0.4, -0.2) is 0 Å². The van der Waals surface area contributed by atoms with Crippen LogP contribution in [0.4, 0.5) is 0 Å². The summed E-state index contributed by atoms with van der Waals surface area (Å²) >= 11 is 1.76. The fourth-order valence-corrected chi connectivity index (χ4v) is 1.41. The van der Waals surface area contributed by atoms with Crippen molar-refractivity contribution in [2.24, 2.45) is 0 Å². The summed E-state index contributed by atoms with van der Waals surface area (Å²) in [5.74, 6) is 0. The Bertz CT molecular complexity index is 242. The predicted octanol–water partition coefficient (Wildman–Crippen LogP) is 3.73. The molecule has 0 radical (unpaired) electrons. The lowest BCUT2D eigenvalue weighted by Gasteiger charge is -1.87. The Morgan fingerprint density at radius 2 is 2.55 bits per heavy atom. The van der Waals surface area contributed by atoms with Crippen LogP contribution in [0.3, 0.4) is 0 Å². The maximum Gasteiger partial charge on any atom is 0.0267 e. The first-order valence-corrected chi connectivity index (χ1v) is 4.51. The summed E-state index contributed by atoms with van der Waals surface area (Å²) in [6.07, 6.45) is 5.27. The molecule has 0 spiro atoms. The average molecular weight is 164 g/mol. The van der Waals surface area contributed by atoms with Gasteiger partial charge in [-0.15, -0.1) is 11.3 Å². The summed E-state index contributed by atoms with van der Waals surface area (Å²) < 4.78 is 0. The summed E-state index contributed by atoms with van der Waals surface area (Å²) in [6, 6.07) is 4.17. The van der Waals surface area contributed by atoms with Gasteiger partial charge in [-0.3, -0.25) is 0 Å². The van der Waals surface area contributed by atoms with Crippen molar-refractivity contribution in [3.05, 3.63) is 40.6 Å². The second-order valence-corrected chi connectivity index (χ2v) is 3.56. The summed E-state index contributed by atoms with van der Waals surface area (Å²) in [5, 5.41) is 2.08. The minimum absolute atomic E-state index is 0.984. The molecule has 0 aliphatic rings. The fourth-order valence-electron chi connectivity index (χ4n) is 0.762. The number of allylic oxidation sites excluding steroid dienone is 2. The van der Waals surface area contributed by atoms with Crippen molar-refractivity contribution in [2.75, 3.05) is 0 Å². The van der Waals surface area contributed by atoms with Gasteiger partial charge in [-0.1, -0.05) is 24.3 Å². The molecule has 0 N–H and O–H groups in total. The molecule has 0 amide bonds. The molecular weight excluding hydrogens is 152 g/mol. The SMILES string of the molecule is C=C(C)C/C=C/c1cccs1. The van der Waals surface area contributed by atoms with Crippen molar-refractivity contribution in [3.63, 3.8) is 0 Å². The molecule has 0 saturated carbocycles. The molecule has 1 heteroatoms. The van der Waals surface area contributed by atoms with E-state index in [1.807, 2.05) is 6.92 Å². The van der Waals surface area contributed by atoms with Crippen LogP contribution in [0.5, 0.6) is 0 Å². The third-order valence-corrected chi connectivity index (χ3v) is 2.13. The predicted molar refractivity (Wildman–Crippen MR) is 52.8 cm³/mol. The zero-order chi connectivity index (χ0) is 8.10. The van der Waals surface area contributed by atoms with Gasteiger partial charge in [0.1, 0.15) is 0 Å². The first-order valence-electron chi connectivity index (χ1n) is 3.63. The summed E-state index contributed by atoms with van der Waals surface area (Å²) in [6.45, 7) is 5.87. The average Bonchev–Trinajstić information content (AvgIpc) is 2.39. The standard InChI is InChI=1S/C10H12S/c1-9(2)5-3-6-10-7-4-8-11-10/h3-4,6-8H,1,5H2,2H3/b6-3+. The van der Waals surface area contributed by atoms with Crippen molar-refractivity contribution >= 4 is 17.4 Å². The topological polar surface area (TPSA) is 0 Å². The normalized spacial score (nSPS) is 10.6. The van der Waals surface area contributed by atoms with Gasteiger partial charge in [-0.05, 0) is 30.9 Å². The van der Waals surface area contributed by atoms with E-state index in [0.29, 0.717) is 0 Å². The maximum atomic E-state index is 3.83. The van der Waals surface area contributed by atoms with Crippen LogP contribution in [-0.2, 0) is 0 Å². The van der Waals surface area contributed by atoms with E-state index in [0.717, 1.165) is 6.42 Å². The third-order valence-electron chi connectivity index (χ3n) is 1.29. The molecule has 0 atom stereocenters. The van der Waals surface area contributed by atoms with E-state index in [4.69, 9.17) is 0 Å². The van der Waals surface area contributed by atoms with Crippen molar-refractivity contribution in [2.45, 2.75) is 13.3 Å². The first kappa shape index (κ1) is 8.28. The maximum absolute atomic E-state index is 3.83. The van der Waals surface area contributed by atoms with Crippen LogP contribution in [0.1, 0.15) is 18.2 Å². The van der Waals surface area contributed by atoms with Crippen LogP contribution in [0.2, 0.25) is 0 Å². The Kier molecular flexibility index (Phi) is 3.12. The van der Waals surface area contributed by atoms with Gasteiger partial charge in [0.25, 0.3) is 0 Å². The quantitative estimate of drug-likeness (QED) is 0.597. The summed E-state index contributed by atoms with van der Waals surface area (Å²) in [7, 11) is 0. The molecule has 1 aromatic rings. The zero-order valence-electron chi connectivity index (χ0n) is 6.71. The molecule has 0 fully saturated rings. The van der Waals surface area contributed by atoms with Gasteiger partial charge in [0.05, 0.1) is 0 Å². The highest BCUT2D eigenvalue weighted by atomic mass is 32.1. The summed E-state index contributed by atoms with van der Waals surface area (Å²) in [5.41, 5.74) is 1.21. The molecule has 0 nitrogen and oxygen atoms in total. The van der Waals surface area contributed by atoms with Gasteiger partial charge >= 0.3 is 0 Å². The lowest BCUT2D eigenvalue weighted by Crippen LogP contribution is -1.65. The van der Waals surface area contributed by atoms with Crippen LogP contribution < -0.4 is 0 Å². The van der Waals surface area contributed by atoms with E-state index >= 15 is 0 Å². The second-order valence-electron chi connectivity index (χ2n) is 2.58. The van der Waals surface area contributed by atoms with E-state index in [-0.39, 0.29) is 0 Å². The van der Waals surface area contributed by atoms with Gasteiger partial charge in [0.2, 0.25) is 0 Å². The number of thiophene rings is 1. The lowest BCUT2D eigenvalue weighted by molar-refractivity contribution is 1.24. The Balaban J connectivity index is 2.43. The Labute approximate surface area is 71.9 Å². The van der Waals surface area contributed by atoms with Gasteiger partial charge < -0.3 is 0 Å². The molecular formula is C10H12S. The fraction of sp³-hybridized carbons (Fsp3) is 0.200. The van der Waals surface area contributed by atoms with E-state index < -0.39 is 0 Å². The zero-order valence-corrected chi connectivity index (χ0v) is 7.53. The van der Waals surface area contributed by atoms with E-state index in [2.05, 4.69) is 36.2 Å². The minimum Gasteiger partial charge on any atom is -0.144 e. The van der Waals surface area contributed by atoms with Crippen molar-refractivity contribution in [1.82, 2.24) is 0 Å². The molecule has 58 valence electrons. The highest BCUT2D eigenvalue weighted by molar-refractivity contribution is 7.10. The van der Waals surface area contributed by atoms with Crippen molar-refractivity contribution < 1.29 is 0 Å². The molecule has 0 aliphatic carbocycles. The first-order chi connectivity index (χ1) is 5.29. The lowest BCUT2D eigenvalue weighted by atomic mass is 10.2. The summed E-state index contributed by atoms with van der Waals surface area (Å²) in [4.78, 5) is 1.31. The van der Waals surface area contributed by atoms with Gasteiger partial charge in [-0.2, -0.15) is 0 Å². The second kappa shape index (κ2) is 4.14. The smallest absolute Gasteiger partial charge is 0.0267 e. The molecule has 0 bridgehead atoms. The molecule has 0 aliphatic heterocycles. The van der Waals surface area contributed by atoms with Crippen LogP contribution in [0.25, 0.3) is 6.08 Å². The molecule has 11 heavy (non-hydrogen) atoms.